The highest BCUT2D eigenvalue weighted by Gasteiger charge is 2.42. The van der Waals surface area contributed by atoms with E-state index in [9.17, 15) is 10.3 Å². The lowest BCUT2D eigenvalue weighted by molar-refractivity contribution is -0.475. The van der Waals surface area contributed by atoms with Crippen molar-refractivity contribution >= 4 is 0 Å². The molecule has 128 valence electrons. The summed E-state index contributed by atoms with van der Waals surface area (Å²) in [6.45, 7) is 17.2. The molecular weight excluding hydrogens is 272 g/mol. The van der Waals surface area contributed by atoms with Gasteiger partial charge in [0.1, 0.15) is 0 Å². The zero-order chi connectivity index (χ0) is 17.3. The molecule has 0 spiro atoms. The Bertz CT molecular complexity index is 335. The molecule has 0 bridgehead atoms. The number of nitrogens with zero attached hydrogens (tertiary/aromatic N) is 2. The van der Waals surface area contributed by atoms with E-state index in [4.69, 9.17) is 9.78 Å². The summed E-state index contributed by atoms with van der Waals surface area (Å²) in [5, 5.41) is 23.0. The summed E-state index contributed by atoms with van der Waals surface area (Å²) in [5.74, 6) is 0. The minimum atomic E-state index is -0.688. The summed E-state index contributed by atoms with van der Waals surface area (Å²) < 4.78 is 0. The van der Waals surface area contributed by atoms with E-state index < -0.39 is 16.6 Å². The number of hydrogen-bond donors (Lipinski definition) is 1. The molecule has 0 saturated heterocycles. The van der Waals surface area contributed by atoms with E-state index in [1.807, 2.05) is 62.3 Å². The molecule has 0 atom stereocenters. The van der Waals surface area contributed by atoms with Crippen LogP contribution in [0.2, 0.25) is 0 Å². The van der Waals surface area contributed by atoms with E-state index in [1.165, 1.54) is 5.06 Å². The van der Waals surface area contributed by atoms with Crippen molar-refractivity contribution in [2.75, 3.05) is 13.7 Å². The Morgan fingerprint density at radius 2 is 1.38 bits per heavy atom. The topological polar surface area (TPSA) is 68.2 Å². The first-order valence-electron chi connectivity index (χ1n) is 7.28. The predicted octanol–water partition coefficient (Wildman–Crippen LogP) is 3.12. The van der Waals surface area contributed by atoms with Gasteiger partial charge >= 0.3 is 0 Å². The van der Waals surface area contributed by atoms with Crippen LogP contribution in [0.4, 0.5) is 0 Å². The van der Waals surface area contributed by atoms with Gasteiger partial charge in [0.2, 0.25) is 0 Å². The predicted molar refractivity (Wildman–Crippen MR) is 83.6 cm³/mol. The summed E-state index contributed by atoms with van der Waals surface area (Å²) in [4.78, 5) is 10.6. The van der Waals surface area contributed by atoms with Crippen molar-refractivity contribution < 1.29 is 14.9 Å². The van der Waals surface area contributed by atoms with Crippen molar-refractivity contribution in [2.45, 2.75) is 73.5 Å². The maximum Gasteiger partial charge on any atom is 0.0907 e. The molecule has 6 nitrogen and oxygen atoms in total. The van der Waals surface area contributed by atoms with E-state index in [1.54, 1.807) is 7.05 Å². The van der Waals surface area contributed by atoms with Gasteiger partial charge < -0.3 is 10.3 Å². The van der Waals surface area contributed by atoms with Gasteiger partial charge in [-0.3, -0.25) is 4.84 Å². The van der Waals surface area contributed by atoms with Crippen LogP contribution in [0.25, 0.3) is 0 Å². The fourth-order valence-electron chi connectivity index (χ4n) is 1.16. The highest BCUT2D eigenvalue weighted by molar-refractivity contribution is 4.91. The molecule has 0 aliphatic carbocycles. The zero-order valence-corrected chi connectivity index (χ0v) is 15.3. The number of aliphatic hydroxyl groups excluding tert-OH is 1. The largest absolute Gasteiger partial charge is 0.736 e. The second kappa shape index (κ2) is 6.48. The molecule has 6 heteroatoms. The van der Waals surface area contributed by atoms with Crippen LogP contribution in [-0.2, 0) is 9.78 Å². The lowest BCUT2D eigenvalue weighted by Gasteiger charge is -2.49. The van der Waals surface area contributed by atoms with Gasteiger partial charge in [-0.05, 0) is 33.1 Å². The number of hydrogen-bond acceptors (Lipinski definition) is 6. The number of rotatable bonds is 7. The van der Waals surface area contributed by atoms with Gasteiger partial charge in [0.15, 0.2) is 0 Å². The van der Waals surface area contributed by atoms with Crippen LogP contribution in [0.1, 0.15) is 62.3 Å². The molecule has 21 heavy (non-hydrogen) atoms. The minimum Gasteiger partial charge on any atom is -0.736 e. The fraction of sp³-hybridized carbons (Fsp3) is 1.00. The molecule has 1 N–H and O–H groups in total. The Hall–Kier alpha value is -0.240. The van der Waals surface area contributed by atoms with E-state index in [-0.39, 0.29) is 17.4 Å². The average Bonchev–Trinajstić information content (AvgIpc) is 2.25. The Kier molecular flexibility index (Phi) is 6.41. The molecule has 0 aromatic heterocycles. The SMILES string of the molecule is CN(ON([O-])OC(C)(C)C(C)(C)C)C(C)(C)C(C)(C)CO. The number of aliphatic hydroxyl groups is 1. The third kappa shape index (κ3) is 4.87. The van der Waals surface area contributed by atoms with Crippen molar-refractivity contribution in [3.63, 3.8) is 0 Å². The van der Waals surface area contributed by atoms with Gasteiger partial charge in [0.05, 0.1) is 12.2 Å². The van der Waals surface area contributed by atoms with E-state index in [0.29, 0.717) is 0 Å². The van der Waals surface area contributed by atoms with Gasteiger partial charge in [-0.15, -0.1) is 5.39 Å². The standard InChI is InChI=1S/C15H33N2O4/c1-12(2,3)15(8,9)20-17(19)21-16(10)14(6,7)13(4,5)11-18/h18H,11H2,1-10H3/q-1. The lowest BCUT2D eigenvalue weighted by Crippen LogP contribution is -2.56. The maximum absolute atomic E-state index is 11.9. The molecular formula is C15H33N2O4-. The van der Waals surface area contributed by atoms with Crippen LogP contribution in [0, 0.1) is 16.0 Å². The van der Waals surface area contributed by atoms with E-state index >= 15 is 0 Å². The first-order chi connectivity index (χ1) is 9.08. The first kappa shape index (κ1) is 20.8. The van der Waals surface area contributed by atoms with E-state index in [0.717, 1.165) is 0 Å². The molecule has 0 saturated carbocycles. The summed E-state index contributed by atoms with van der Waals surface area (Å²) in [6, 6.07) is 0. The van der Waals surface area contributed by atoms with Crippen LogP contribution in [-0.4, -0.2) is 40.4 Å². The molecule has 0 fully saturated rings. The van der Waals surface area contributed by atoms with Crippen LogP contribution in [0.15, 0.2) is 0 Å². The third-order valence-electron chi connectivity index (χ3n) is 5.14. The number of hydroxylamine groups is 2. The molecule has 0 unspecified atom stereocenters. The molecule has 0 heterocycles. The van der Waals surface area contributed by atoms with Crippen molar-refractivity contribution in [1.82, 2.24) is 10.5 Å². The monoisotopic (exact) mass is 305 g/mol. The quantitative estimate of drug-likeness (QED) is 0.729. The first-order valence-corrected chi connectivity index (χ1v) is 7.28. The normalized spacial score (nSPS) is 15.1. The molecule has 0 aromatic rings. The van der Waals surface area contributed by atoms with Crippen LogP contribution >= 0.6 is 0 Å². The molecule has 0 aliphatic rings. The van der Waals surface area contributed by atoms with Crippen molar-refractivity contribution in [1.29, 1.82) is 0 Å². The summed E-state index contributed by atoms with van der Waals surface area (Å²) >= 11 is 0. The van der Waals surface area contributed by atoms with E-state index in [2.05, 4.69) is 0 Å². The highest BCUT2D eigenvalue weighted by Crippen LogP contribution is 2.36. The second-order valence-corrected chi connectivity index (χ2v) is 8.26. The second-order valence-electron chi connectivity index (χ2n) is 8.26. The van der Waals surface area contributed by atoms with Gasteiger partial charge in [0, 0.05) is 18.0 Å². The van der Waals surface area contributed by atoms with Crippen LogP contribution < -0.4 is 0 Å². The summed E-state index contributed by atoms with van der Waals surface area (Å²) in [6.07, 6.45) is 0. The van der Waals surface area contributed by atoms with Gasteiger partial charge in [-0.25, -0.2) is 0 Å². The van der Waals surface area contributed by atoms with Crippen LogP contribution in [0.5, 0.6) is 0 Å². The van der Waals surface area contributed by atoms with Gasteiger partial charge in [-0.1, -0.05) is 34.6 Å². The Labute approximate surface area is 129 Å². The Morgan fingerprint density at radius 1 is 0.952 bits per heavy atom. The highest BCUT2D eigenvalue weighted by atomic mass is 17.2. The Morgan fingerprint density at radius 3 is 1.71 bits per heavy atom. The maximum atomic E-state index is 11.9. The van der Waals surface area contributed by atoms with Gasteiger partial charge in [0.25, 0.3) is 0 Å². The third-order valence-corrected chi connectivity index (χ3v) is 5.14. The molecule has 0 aromatic carbocycles. The van der Waals surface area contributed by atoms with Gasteiger partial charge in [-0.2, -0.15) is 10.0 Å². The van der Waals surface area contributed by atoms with Crippen LogP contribution in [0.3, 0.4) is 0 Å². The molecule has 0 aliphatic heterocycles. The van der Waals surface area contributed by atoms with Crippen molar-refractivity contribution in [3.8, 4) is 0 Å². The minimum absolute atomic E-state index is 0.0269. The average molecular weight is 305 g/mol. The van der Waals surface area contributed by atoms with Crippen molar-refractivity contribution in [2.24, 2.45) is 10.8 Å². The molecule has 0 rings (SSSR count). The molecule has 0 radical (unpaired) electrons. The van der Waals surface area contributed by atoms with Crippen molar-refractivity contribution in [3.05, 3.63) is 5.21 Å². The summed E-state index contributed by atoms with van der Waals surface area (Å²) in [7, 11) is 1.65. The zero-order valence-electron chi connectivity index (χ0n) is 15.3. The summed E-state index contributed by atoms with van der Waals surface area (Å²) in [5.41, 5.74) is -1.94. The Balaban J connectivity index is 4.84. The fourth-order valence-corrected chi connectivity index (χ4v) is 1.16. The molecule has 0 amide bonds. The smallest absolute Gasteiger partial charge is 0.0907 e. The lowest BCUT2D eigenvalue weighted by atomic mass is 9.75.